The third kappa shape index (κ3) is 5.29. The van der Waals surface area contributed by atoms with Crippen molar-refractivity contribution < 1.29 is 4.74 Å². The maximum atomic E-state index is 7.26. The van der Waals surface area contributed by atoms with Crippen molar-refractivity contribution in [2.45, 2.75) is 5.41 Å². The molecule has 3 heteroatoms. The summed E-state index contributed by atoms with van der Waals surface area (Å²) >= 11 is 1.86. The number of rotatable bonds is 5. The maximum absolute atomic E-state index is 7.26. The van der Waals surface area contributed by atoms with Crippen LogP contribution >= 0.6 is 11.3 Å². The fourth-order valence-corrected chi connectivity index (χ4v) is 12.4. The van der Waals surface area contributed by atoms with Crippen LogP contribution in [0.25, 0.3) is 75.1 Å². The number of benzene rings is 11. The first-order chi connectivity index (χ1) is 32.7. The quantitative estimate of drug-likeness (QED) is 0.171. The van der Waals surface area contributed by atoms with Gasteiger partial charge in [-0.15, -0.1) is 11.3 Å². The molecule has 14 rings (SSSR count). The van der Waals surface area contributed by atoms with Gasteiger partial charge in [-0.25, -0.2) is 0 Å². The Kier molecular flexibility index (Phi) is 8.10. The smallest absolute Gasteiger partial charge is 0.140 e. The van der Waals surface area contributed by atoms with Crippen LogP contribution in [0.4, 0.5) is 17.1 Å². The van der Waals surface area contributed by atoms with Crippen LogP contribution in [-0.4, -0.2) is 0 Å². The van der Waals surface area contributed by atoms with Gasteiger partial charge in [0.2, 0.25) is 0 Å². The average molecular weight is 858 g/mol. The lowest BCUT2D eigenvalue weighted by atomic mass is 9.65. The summed E-state index contributed by atoms with van der Waals surface area (Å²) in [5, 5.41) is 7.14. The molecule has 0 unspecified atom stereocenters. The van der Waals surface area contributed by atoms with Crippen molar-refractivity contribution >= 4 is 70.1 Å². The minimum absolute atomic E-state index is 0.646. The van der Waals surface area contributed by atoms with E-state index in [0.717, 1.165) is 66.8 Å². The van der Waals surface area contributed by atoms with Gasteiger partial charge in [-0.1, -0.05) is 200 Å². The molecule has 2 aliphatic rings. The molecule has 308 valence electrons. The molecule has 11 aromatic carbocycles. The number of anilines is 3. The number of hydrogen-bond donors (Lipinski definition) is 0. The van der Waals surface area contributed by atoms with Crippen LogP contribution in [-0.2, 0) is 5.41 Å². The predicted molar refractivity (Wildman–Crippen MR) is 277 cm³/mol. The van der Waals surface area contributed by atoms with Crippen molar-refractivity contribution in [1.82, 2.24) is 0 Å². The van der Waals surface area contributed by atoms with Gasteiger partial charge in [0.25, 0.3) is 0 Å². The van der Waals surface area contributed by atoms with E-state index in [9.17, 15) is 0 Å². The molecular weight excluding hydrogens is 819 g/mol. The van der Waals surface area contributed by atoms with Crippen LogP contribution in [0.15, 0.2) is 237 Å². The molecule has 1 aliphatic heterocycles. The lowest BCUT2D eigenvalue weighted by Crippen LogP contribution is -2.32. The first-order valence-corrected chi connectivity index (χ1v) is 23.5. The van der Waals surface area contributed by atoms with Crippen molar-refractivity contribution in [1.29, 1.82) is 0 Å². The number of hydrogen-bond acceptors (Lipinski definition) is 3. The van der Waals surface area contributed by atoms with Crippen molar-refractivity contribution in [3.8, 4) is 44.9 Å². The van der Waals surface area contributed by atoms with Gasteiger partial charge in [-0.2, -0.15) is 0 Å². The molecule has 1 aromatic heterocycles. The zero-order valence-electron chi connectivity index (χ0n) is 35.8. The third-order valence-corrected chi connectivity index (χ3v) is 15.3. The number of nitrogens with zero attached hydrogens (tertiary/aromatic N) is 1. The van der Waals surface area contributed by atoms with Gasteiger partial charge >= 0.3 is 0 Å². The largest absolute Gasteiger partial charge is 0.455 e. The van der Waals surface area contributed by atoms with E-state index in [1.807, 2.05) is 11.3 Å². The third-order valence-electron chi connectivity index (χ3n) is 14.1. The molecule has 0 amide bonds. The normalized spacial score (nSPS) is 13.1. The van der Waals surface area contributed by atoms with Gasteiger partial charge in [-0.3, -0.25) is 0 Å². The molecule has 2 nitrogen and oxygen atoms in total. The summed E-state index contributed by atoms with van der Waals surface area (Å²) in [5.41, 5.74) is 14.8. The van der Waals surface area contributed by atoms with E-state index in [1.54, 1.807) is 0 Å². The van der Waals surface area contributed by atoms with Crippen molar-refractivity contribution in [2.75, 3.05) is 4.90 Å². The molecule has 0 bridgehead atoms. The minimum atomic E-state index is -0.646. The Bertz CT molecular complexity index is 3840. The van der Waals surface area contributed by atoms with E-state index < -0.39 is 5.41 Å². The summed E-state index contributed by atoms with van der Waals surface area (Å²) in [6.07, 6.45) is 0. The molecule has 0 radical (unpaired) electrons. The van der Waals surface area contributed by atoms with Crippen LogP contribution in [0, 0.1) is 0 Å². The van der Waals surface area contributed by atoms with Crippen molar-refractivity contribution in [3.05, 3.63) is 259 Å². The average Bonchev–Trinajstić information content (AvgIpc) is 3.90. The Balaban J connectivity index is 1.03. The van der Waals surface area contributed by atoms with E-state index >= 15 is 0 Å². The Morgan fingerprint density at radius 1 is 0.348 bits per heavy atom. The molecular formula is C63H39NOS. The molecule has 12 aromatic rings. The first-order valence-electron chi connectivity index (χ1n) is 22.7. The van der Waals surface area contributed by atoms with Crippen molar-refractivity contribution in [3.63, 3.8) is 0 Å². The van der Waals surface area contributed by atoms with E-state index in [1.165, 1.54) is 59.1 Å². The zero-order valence-corrected chi connectivity index (χ0v) is 36.6. The molecule has 0 saturated heterocycles. The Labute approximate surface area is 386 Å². The van der Waals surface area contributed by atoms with Gasteiger partial charge in [-0.05, 0) is 86.1 Å². The first kappa shape index (κ1) is 37.2. The summed E-state index contributed by atoms with van der Waals surface area (Å²) in [6, 6.07) is 87.0. The summed E-state index contributed by atoms with van der Waals surface area (Å²) in [6.45, 7) is 0. The highest BCUT2D eigenvalue weighted by Gasteiger charge is 2.52. The molecule has 2 heterocycles. The van der Waals surface area contributed by atoms with Gasteiger partial charge in [0.05, 0.1) is 11.1 Å². The SMILES string of the molecule is c1ccc(-c2ccc(N(c3ccc4c(c3)sc3ccccc34)c3ccccc3-c3cccc4c3-c3ccccc3C43c4ccc5ccccc5c4Oc4c3ccc3ccccc43)cc2)cc1. The predicted octanol–water partition coefficient (Wildman–Crippen LogP) is 17.6. The van der Waals surface area contributed by atoms with E-state index in [4.69, 9.17) is 4.74 Å². The monoisotopic (exact) mass is 857 g/mol. The van der Waals surface area contributed by atoms with E-state index in [0.29, 0.717) is 0 Å². The Morgan fingerprint density at radius 2 is 0.909 bits per heavy atom. The van der Waals surface area contributed by atoms with Crippen LogP contribution in [0.3, 0.4) is 0 Å². The van der Waals surface area contributed by atoms with Crippen LogP contribution in [0.5, 0.6) is 11.5 Å². The molecule has 0 fully saturated rings. The second-order valence-electron chi connectivity index (χ2n) is 17.5. The van der Waals surface area contributed by atoms with E-state index in [-0.39, 0.29) is 0 Å². The number of para-hydroxylation sites is 1. The molecule has 0 N–H and O–H groups in total. The highest BCUT2D eigenvalue weighted by Crippen LogP contribution is 2.65. The van der Waals surface area contributed by atoms with Crippen molar-refractivity contribution in [2.24, 2.45) is 0 Å². The maximum Gasteiger partial charge on any atom is 0.140 e. The molecule has 1 aliphatic carbocycles. The minimum Gasteiger partial charge on any atom is -0.455 e. The fourth-order valence-electron chi connectivity index (χ4n) is 11.3. The van der Waals surface area contributed by atoms with Gasteiger partial charge < -0.3 is 9.64 Å². The molecule has 0 atom stereocenters. The fraction of sp³-hybridized carbons (Fsp3) is 0.0159. The lowest BCUT2D eigenvalue weighted by Gasteiger charge is -2.40. The molecule has 66 heavy (non-hydrogen) atoms. The standard InChI is InChI=1S/C63H39NOS/c1-2-15-40(16-3-1)41-29-33-44(34-30-41)64(45-35-36-50-49-22-10-13-28-58(49)66-59(50)39-45)57-27-12-9-21-48(57)51-24-14-26-54-60(51)52-23-8-11-25-53(52)63(54)55-37-31-42-17-4-6-19-46(42)61(55)65-62-47-20-7-5-18-43(47)32-38-56(62)63/h1-39H. The highest BCUT2D eigenvalue weighted by molar-refractivity contribution is 7.25. The second-order valence-corrected chi connectivity index (χ2v) is 18.6. The number of fused-ring (bicyclic) bond motifs is 16. The van der Waals surface area contributed by atoms with Crippen LogP contribution in [0.1, 0.15) is 22.3 Å². The van der Waals surface area contributed by atoms with E-state index in [2.05, 4.69) is 241 Å². The molecule has 1 spiro atoms. The highest BCUT2D eigenvalue weighted by atomic mass is 32.1. The summed E-state index contributed by atoms with van der Waals surface area (Å²) in [4.78, 5) is 2.46. The Hall–Kier alpha value is -8.24. The van der Waals surface area contributed by atoms with Gasteiger partial charge in [0.1, 0.15) is 11.5 Å². The topological polar surface area (TPSA) is 12.5 Å². The van der Waals surface area contributed by atoms with Gasteiger partial charge in [0.15, 0.2) is 0 Å². The summed E-state index contributed by atoms with van der Waals surface area (Å²) in [7, 11) is 0. The number of thiophene rings is 1. The summed E-state index contributed by atoms with van der Waals surface area (Å²) < 4.78 is 9.83. The number of ether oxygens (including phenoxy) is 1. The lowest BCUT2D eigenvalue weighted by molar-refractivity contribution is 0.447. The molecule has 0 saturated carbocycles. The second kappa shape index (κ2) is 14.4. The van der Waals surface area contributed by atoms with Crippen LogP contribution < -0.4 is 9.64 Å². The Morgan fingerprint density at radius 3 is 1.67 bits per heavy atom. The van der Waals surface area contributed by atoms with Gasteiger partial charge in [0, 0.05) is 59.0 Å². The summed E-state index contributed by atoms with van der Waals surface area (Å²) in [5.74, 6) is 1.85. The zero-order chi connectivity index (χ0) is 43.3. The van der Waals surface area contributed by atoms with Crippen LogP contribution in [0.2, 0.25) is 0 Å².